The van der Waals surface area contributed by atoms with Crippen LogP contribution in [0.4, 0.5) is 8.78 Å². The zero-order valence-electron chi connectivity index (χ0n) is 21.4. The van der Waals surface area contributed by atoms with E-state index in [2.05, 4.69) is 4.98 Å². The van der Waals surface area contributed by atoms with E-state index in [9.17, 15) is 27.1 Å². The Balaban J connectivity index is 1.91. The summed E-state index contributed by atoms with van der Waals surface area (Å²) in [6.07, 6.45) is 1.63. The summed E-state index contributed by atoms with van der Waals surface area (Å²) in [5.41, 5.74) is -0.133. The molecule has 0 spiro atoms. The van der Waals surface area contributed by atoms with E-state index in [1.54, 1.807) is 18.2 Å². The molecular weight excluding hydrogens is 530 g/mol. The van der Waals surface area contributed by atoms with E-state index >= 15 is 0 Å². The van der Waals surface area contributed by atoms with E-state index in [4.69, 9.17) is 9.47 Å². The van der Waals surface area contributed by atoms with Crippen molar-refractivity contribution in [2.24, 2.45) is 0 Å². The number of aromatic nitrogens is 2. The summed E-state index contributed by atoms with van der Waals surface area (Å²) >= 11 is 0. The van der Waals surface area contributed by atoms with Crippen molar-refractivity contribution in [1.29, 1.82) is 0 Å². The van der Waals surface area contributed by atoms with Gasteiger partial charge in [0, 0.05) is 6.42 Å². The highest BCUT2D eigenvalue weighted by Crippen LogP contribution is 2.34. The number of rotatable bonds is 9. The number of halogens is 2. The summed E-state index contributed by atoms with van der Waals surface area (Å²) in [6.45, 7) is 1.94. The predicted molar refractivity (Wildman–Crippen MR) is 140 cm³/mol. The number of unbranched alkanes of at least 4 members (excludes halogenated alkanes) is 1. The summed E-state index contributed by atoms with van der Waals surface area (Å²) in [5, 5.41) is 10.7. The maximum Gasteiger partial charge on any atom is 0.281 e. The van der Waals surface area contributed by atoms with E-state index in [-0.39, 0.29) is 34.3 Å². The normalized spacial score (nSPS) is 11.4. The molecule has 0 saturated heterocycles. The number of aryl methyl sites for hydroxylation is 1. The van der Waals surface area contributed by atoms with Gasteiger partial charge in [-0.2, -0.15) is 4.98 Å². The number of ether oxygens (including phenoxy) is 2. The number of methoxy groups -OCH3 is 2. The SMILES string of the molecule is CCCCc1nc(O)c(S(=O)(=O)c2ccc(-c3ccc(F)c(F)c3)cc2)c(=O)n1-c1c(OC)cccc1OC. The predicted octanol–water partition coefficient (Wildman–Crippen LogP) is 5.08. The van der Waals surface area contributed by atoms with Gasteiger partial charge in [0.2, 0.25) is 15.7 Å². The smallest absolute Gasteiger partial charge is 0.281 e. The highest BCUT2D eigenvalue weighted by atomic mass is 32.2. The van der Waals surface area contributed by atoms with Crippen molar-refractivity contribution in [3.05, 3.63) is 88.5 Å². The van der Waals surface area contributed by atoms with E-state index in [0.29, 0.717) is 17.5 Å². The summed E-state index contributed by atoms with van der Waals surface area (Å²) < 4.78 is 66.3. The number of hydrogen-bond acceptors (Lipinski definition) is 7. The van der Waals surface area contributed by atoms with E-state index in [1.807, 2.05) is 6.92 Å². The molecule has 4 rings (SSSR count). The van der Waals surface area contributed by atoms with Gasteiger partial charge in [0.25, 0.3) is 5.56 Å². The first-order chi connectivity index (χ1) is 18.6. The van der Waals surface area contributed by atoms with Crippen LogP contribution in [0.5, 0.6) is 17.4 Å². The van der Waals surface area contributed by atoms with Crippen molar-refractivity contribution in [2.75, 3.05) is 14.2 Å². The fraction of sp³-hybridized carbons (Fsp3) is 0.214. The molecule has 0 radical (unpaired) electrons. The summed E-state index contributed by atoms with van der Waals surface area (Å²) in [4.78, 5) is 16.8. The zero-order valence-corrected chi connectivity index (χ0v) is 22.3. The number of hydrogen-bond donors (Lipinski definition) is 1. The van der Waals surface area contributed by atoms with Gasteiger partial charge in [-0.25, -0.2) is 17.2 Å². The van der Waals surface area contributed by atoms with Crippen molar-refractivity contribution < 1.29 is 31.8 Å². The van der Waals surface area contributed by atoms with Crippen LogP contribution in [-0.2, 0) is 16.3 Å². The van der Waals surface area contributed by atoms with Gasteiger partial charge in [0.15, 0.2) is 16.5 Å². The van der Waals surface area contributed by atoms with Gasteiger partial charge >= 0.3 is 0 Å². The lowest BCUT2D eigenvalue weighted by Gasteiger charge is -2.19. The zero-order chi connectivity index (χ0) is 28.3. The number of aromatic hydroxyl groups is 1. The van der Waals surface area contributed by atoms with E-state index in [0.717, 1.165) is 23.1 Å². The lowest BCUT2D eigenvalue weighted by atomic mass is 10.1. The van der Waals surface area contributed by atoms with Crippen LogP contribution >= 0.6 is 0 Å². The third-order valence-electron chi connectivity index (χ3n) is 6.16. The molecule has 1 heterocycles. The van der Waals surface area contributed by atoms with E-state index in [1.165, 1.54) is 44.6 Å². The number of sulfone groups is 1. The van der Waals surface area contributed by atoms with Crippen LogP contribution in [0.3, 0.4) is 0 Å². The van der Waals surface area contributed by atoms with Crippen LogP contribution in [0, 0.1) is 11.6 Å². The van der Waals surface area contributed by atoms with Crippen LogP contribution < -0.4 is 15.0 Å². The van der Waals surface area contributed by atoms with Crippen LogP contribution in [0.25, 0.3) is 16.8 Å². The molecule has 4 aromatic rings. The molecule has 0 amide bonds. The maximum atomic E-state index is 13.9. The maximum absolute atomic E-state index is 13.9. The minimum absolute atomic E-state index is 0.134. The molecule has 11 heteroatoms. The van der Waals surface area contributed by atoms with Crippen LogP contribution in [0.1, 0.15) is 25.6 Å². The molecule has 3 aromatic carbocycles. The molecule has 0 atom stereocenters. The van der Waals surface area contributed by atoms with Crippen molar-refractivity contribution in [3.8, 4) is 34.2 Å². The standard InChI is InChI=1S/C28H26F2N2O6S/c1-4-5-9-24-31-27(33)26(28(34)32(24)25-22(37-2)7-6-8-23(25)38-3)39(35,36)19-13-10-17(11-14-19)18-12-15-20(29)21(30)16-18/h6-8,10-16,33H,4-5,9H2,1-3H3. The van der Waals surface area contributed by atoms with E-state index < -0.39 is 37.8 Å². The monoisotopic (exact) mass is 556 g/mol. The fourth-order valence-electron chi connectivity index (χ4n) is 4.18. The molecule has 1 N–H and O–H groups in total. The Morgan fingerprint density at radius 3 is 2.10 bits per heavy atom. The van der Waals surface area contributed by atoms with Crippen LogP contribution in [-0.4, -0.2) is 37.3 Å². The number of para-hydroxylation sites is 1. The molecular formula is C28H26F2N2O6S. The Labute approximate surface area is 224 Å². The van der Waals surface area contributed by atoms with Gasteiger partial charge in [-0.05, 0) is 53.9 Å². The van der Waals surface area contributed by atoms with Gasteiger partial charge in [-0.1, -0.05) is 37.6 Å². The third kappa shape index (κ3) is 5.22. The Morgan fingerprint density at radius 1 is 0.923 bits per heavy atom. The summed E-state index contributed by atoms with van der Waals surface area (Å²) in [7, 11) is -1.79. The Bertz CT molecular complexity index is 1660. The van der Waals surface area contributed by atoms with Gasteiger partial charge in [-0.3, -0.25) is 9.36 Å². The second-order valence-corrected chi connectivity index (χ2v) is 10.5. The molecule has 0 aliphatic rings. The Kier molecular flexibility index (Phi) is 8.01. The Morgan fingerprint density at radius 2 is 1.54 bits per heavy atom. The topological polar surface area (TPSA) is 108 Å². The molecule has 204 valence electrons. The molecule has 39 heavy (non-hydrogen) atoms. The first kappa shape index (κ1) is 27.8. The van der Waals surface area contributed by atoms with Crippen molar-refractivity contribution in [2.45, 2.75) is 36.0 Å². The second kappa shape index (κ2) is 11.2. The molecule has 0 saturated carbocycles. The lowest BCUT2D eigenvalue weighted by molar-refractivity contribution is 0.386. The molecule has 0 bridgehead atoms. The Hall–Kier alpha value is -4.25. The van der Waals surface area contributed by atoms with Crippen LogP contribution in [0.2, 0.25) is 0 Å². The molecule has 0 aliphatic carbocycles. The van der Waals surface area contributed by atoms with Gasteiger partial charge in [-0.15, -0.1) is 0 Å². The van der Waals surface area contributed by atoms with Crippen molar-refractivity contribution in [1.82, 2.24) is 9.55 Å². The highest BCUT2D eigenvalue weighted by Gasteiger charge is 2.31. The molecule has 0 unspecified atom stereocenters. The number of nitrogens with zero attached hydrogens (tertiary/aromatic N) is 2. The minimum Gasteiger partial charge on any atom is -0.494 e. The second-order valence-electron chi connectivity index (χ2n) is 8.59. The minimum atomic E-state index is -4.58. The number of benzene rings is 3. The first-order valence-corrected chi connectivity index (χ1v) is 13.5. The van der Waals surface area contributed by atoms with Gasteiger partial charge < -0.3 is 14.6 Å². The lowest BCUT2D eigenvalue weighted by Crippen LogP contribution is -2.29. The average Bonchev–Trinajstić information content (AvgIpc) is 2.93. The summed E-state index contributed by atoms with van der Waals surface area (Å²) in [6, 6.07) is 13.3. The largest absolute Gasteiger partial charge is 0.494 e. The van der Waals surface area contributed by atoms with Gasteiger partial charge in [0.1, 0.15) is 23.0 Å². The molecule has 0 aliphatic heterocycles. The van der Waals surface area contributed by atoms with Gasteiger partial charge in [0.05, 0.1) is 19.1 Å². The highest BCUT2D eigenvalue weighted by molar-refractivity contribution is 7.91. The summed E-state index contributed by atoms with van der Waals surface area (Å²) in [5.74, 6) is -2.38. The van der Waals surface area contributed by atoms with Crippen molar-refractivity contribution in [3.63, 3.8) is 0 Å². The average molecular weight is 557 g/mol. The molecule has 8 nitrogen and oxygen atoms in total. The molecule has 0 fully saturated rings. The van der Waals surface area contributed by atoms with Crippen molar-refractivity contribution >= 4 is 9.84 Å². The fourth-order valence-corrected chi connectivity index (χ4v) is 5.52. The first-order valence-electron chi connectivity index (χ1n) is 12.0. The van der Waals surface area contributed by atoms with Crippen LogP contribution in [0.15, 0.2) is 75.2 Å². The third-order valence-corrected chi connectivity index (χ3v) is 7.95. The molecule has 1 aromatic heterocycles. The quantitative estimate of drug-likeness (QED) is 0.307.